The Balaban J connectivity index is 1.92. The molecule has 2 unspecified atom stereocenters. The first-order chi connectivity index (χ1) is 4.45. The molecule has 5 rings (SSSR count). The summed E-state index contributed by atoms with van der Waals surface area (Å²) in [5.74, 6) is 7.58. The van der Waals surface area contributed by atoms with Gasteiger partial charge in [0, 0.05) is 0 Å². The zero-order valence-corrected chi connectivity index (χ0v) is 5.59. The lowest BCUT2D eigenvalue weighted by Crippen LogP contribution is -2.23. The quantitative estimate of drug-likeness (QED) is 0.458. The predicted octanol–water partition coefficient (Wildman–Crippen LogP) is 1.91. The number of hydrogen-bond donors (Lipinski definition) is 0. The molecule has 0 saturated heterocycles. The second kappa shape index (κ2) is 0.889. The first-order valence-electron chi connectivity index (χ1n) is 4.45. The summed E-state index contributed by atoms with van der Waals surface area (Å²) in [6.07, 6.45) is 4.92. The normalized spacial score (nSPS) is 80.0. The van der Waals surface area contributed by atoms with Gasteiger partial charge in [0.25, 0.3) is 0 Å². The van der Waals surface area contributed by atoms with Gasteiger partial charge in [-0.05, 0) is 54.8 Å². The fourth-order valence-electron chi connectivity index (χ4n) is 4.48. The third-order valence-corrected chi connectivity index (χ3v) is 4.65. The molecule has 48 valence electrons. The van der Waals surface area contributed by atoms with Crippen molar-refractivity contribution >= 4 is 0 Å². The summed E-state index contributed by atoms with van der Waals surface area (Å²) >= 11 is 0. The zero-order valence-electron chi connectivity index (χ0n) is 5.59. The third-order valence-electron chi connectivity index (χ3n) is 4.65. The number of hydrogen-bond acceptors (Lipinski definition) is 0. The maximum Gasteiger partial charge on any atom is -0.0318 e. The molecule has 9 heavy (non-hydrogen) atoms. The van der Waals surface area contributed by atoms with Crippen LogP contribution >= 0.6 is 0 Å². The molecule has 0 heteroatoms. The molecule has 4 bridgehead atoms. The lowest BCUT2D eigenvalue weighted by Gasteiger charge is -2.28. The fraction of sp³-hybridized carbons (Fsp3) is 1.00. The van der Waals surface area contributed by atoms with Gasteiger partial charge in [0.05, 0.1) is 0 Å². The Kier molecular flexibility index (Phi) is 0.395. The molecule has 0 N–H and O–H groups in total. The molecule has 0 nitrogen and oxygen atoms in total. The zero-order chi connectivity index (χ0) is 5.59. The van der Waals surface area contributed by atoms with Crippen LogP contribution in [0.25, 0.3) is 0 Å². The molecule has 5 fully saturated rings. The van der Waals surface area contributed by atoms with Crippen molar-refractivity contribution in [3.05, 3.63) is 0 Å². The van der Waals surface area contributed by atoms with Gasteiger partial charge in [0.2, 0.25) is 0 Å². The second-order valence-electron chi connectivity index (χ2n) is 4.72. The number of rotatable bonds is 0. The van der Waals surface area contributed by atoms with E-state index in [1.165, 1.54) is 35.5 Å². The summed E-state index contributed by atoms with van der Waals surface area (Å²) in [5, 5.41) is 0. The van der Waals surface area contributed by atoms with Crippen molar-refractivity contribution in [2.45, 2.75) is 19.3 Å². The van der Waals surface area contributed by atoms with E-state index < -0.39 is 0 Å². The maximum atomic E-state index is 1.64. The molecule has 0 aliphatic heterocycles. The summed E-state index contributed by atoms with van der Waals surface area (Å²) in [4.78, 5) is 0. The van der Waals surface area contributed by atoms with Gasteiger partial charge in [-0.15, -0.1) is 0 Å². The molecule has 0 aromatic carbocycles. The van der Waals surface area contributed by atoms with Crippen molar-refractivity contribution in [3.8, 4) is 0 Å². The molecular weight excluding hydrogens is 108 g/mol. The van der Waals surface area contributed by atoms with Crippen molar-refractivity contribution in [2.75, 3.05) is 0 Å². The predicted molar refractivity (Wildman–Crippen MR) is 34.8 cm³/mol. The van der Waals surface area contributed by atoms with Gasteiger partial charge in [-0.25, -0.2) is 0 Å². The van der Waals surface area contributed by atoms with E-state index in [0.717, 1.165) is 0 Å². The van der Waals surface area contributed by atoms with Crippen LogP contribution in [0.5, 0.6) is 0 Å². The Morgan fingerprint density at radius 3 is 1.78 bits per heavy atom. The molecule has 6 atom stereocenters. The van der Waals surface area contributed by atoms with Crippen LogP contribution in [0.4, 0.5) is 0 Å². The van der Waals surface area contributed by atoms with Gasteiger partial charge in [-0.1, -0.05) is 0 Å². The van der Waals surface area contributed by atoms with Crippen LogP contribution < -0.4 is 0 Å². The summed E-state index contributed by atoms with van der Waals surface area (Å²) in [6, 6.07) is 0. The highest BCUT2D eigenvalue weighted by Gasteiger charge is 2.74. The Bertz CT molecular complexity index is 157. The topological polar surface area (TPSA) is 0 Å². The van der Waals surface area contributed by atoms with Crippen molar-refractivity contribution in [1.82, 2.24) is 0 Å². The maximum absolute atomic E-state index is 1.64. The minimum Gasteiger partial charge on any atom is -0.0470 e. The van der Waals surface area contributed by atoms with Gasteiger partial charge in [0.1, 0.15) is 0 Å². The van der Waals surface area contributed by atoms with E-state index in [4.69, 9.17) is 0 Å². The van der Waals surface area contributed by atoms with E-state index >= 15 is 0 Å². The first-order valence-corrected chi connectivity index (χ1v) is 4.45. The van der Waals surface area contributed by atoms with E-state index in [-0.39, 0.29) is 0 Å². The lowest BCUT2D eigenvalue weighted by atomic mass is 9.77. The molecule has 0 heterocycles. The van der Waals surface area contributed by atoms with Crippen LogP contribution in [0, 0.1) is 35.5 Å². The summed E-state index contributed by atoms with van der Waals surface area (Å²) in [7, 11) is 0. The van der Waals surface area contributed by atoms with E-state index in [1.54, 1.807) is 19.3 Å². The summed E-state index contributed by atoms with van der Waals surface area (Å²) < 4.78 is 0. The smallest absolute Gasteiger partial charge is 0.0318 e. The van der Waals surface area contributed by atoms with Gasteiger partial charge >= 0.3 is 0 Å². The molecule has 5 aliphatic rings. The first kappa shape index (κ1) is 4.00. The molecule has 0 aromatic heterocycles. The van der Waals surface area contributed by atoms with Crippen molar-refractivity contribution in [3.63, 3.8) is 0 Å². The average Bonchev–Trinajstić information content (AvgIpc) is 2.51. The van der Waals surface area contributed by atoms with Crippen LogP contribution in [0.2, 0.25) is 0 Å². The molecule has 0 radical (unpaired) electrons. The largest absolute Gasteiger partial charge is 0.0470 e. The van der Waals surface area contributed by atoms with Gasteiger partial charge in [-0.3, -0.25) is 0 Å². The van der Waals surface area contributed by atoms with Crippen LogP contribution in [0.3, 0.4) is 0 Å². The van der Waals surface area contributed by atoms with E-state index in [2.05, 4.69) is 0 Å². The van der Waals surface area contributed by atoms with Crippen LogP contribution in [0.1, 0.15) is 19.3 Å². The molecule has 5 aliphatic carbocycles. The van der Waals surface area contributed by atoms with Crippen LogP contribution in [-0.2, 0) is 0 Å². The van der Waals surface area contributed by atoms with Gasteiger partial charge < -0.3 is 0 Å². The van der Waals surface area contributed by atoms with Gasteiger partial charge in [0.15, 0.2) is 0 Å². The van der Waals surface area contributed by atoms with Crippen molar-refractivity contribution in [2.24, 2.45) is 35.5 Å². The molecule has 0 spiro atoms. The fourth-order valence-corrected chi connectivity index (χ4v) is 4.48. The average molecular weight is 120 g/mol. The van der Waals surface area contributed by atoms with E-state index in [0.29, 0.717) is 0 Å². The SMILES string of the molecule is C1C2C[C@@H]3[C@H](C2)[C@@H]2C1[C@H]32. The van der Waals surface area contributed by atoms with Gasteiger partial charge in [-0.2, -0.15) is 0 Å². The second-order valence-corrected chi connectivity index (χ2v) is 4.72. The highest BCUT2D eigenvalue weighted by atomic mass is 14.8. The van der Waals surface area contributed by atoms with Crippen molar-refractivity contribution < 1.29 is 0 Å². The molecular formula is C9H12. The summed E-state index contributed by atoms with van der Waals surface area (Å²) in [5.41, 5.74) is 0. The minimum atomic E-state index is 1.21. The van der Waals surface area contributed by atoms with Crippen molar-refractivity contribution in [1.29, 1.82) is 0 Å². The minimum absolute atomic E-state index is 1.21. The monoisotopic (exact) mass is 120 g/mol. The Morgan fingerprint density at radius 1 is 0.667 bits per heavy atom. The Morgan fingerprint density at radius 2 is 1.22 bits per heavy atom. The van der Waals surface area contributed by atoms with Crippen LogP contribution in [0.15, 0.2) is 0 Å². The third kappa shape index (κ3) is 0.249. The Labute approximate surface area is 55.6 Å². The molecule has 0 aromatic rings. The highest BCUT2D eigenvalue weighted by molar-refractivity contribution is 5.22. The van der Waals surface area contributed by atoms with E-state index in [1.807, 2.05) is 0 Å². The molecule has 5 saturated carbocycles. The van der Waals surface area contributed by atoms with E-state index in [9.17, 15) is 0 Å². The lowest BCUT2D eigenvalue weighted by molar-refractivity contribution is 0.195. The molecule has 0 amide bonds. The highest BCUT2D eigenvalue weighted by Crippen LogP contribution is 2.80. The summed E-state index contributed by atoms with van der Waals surface area (Å²) in [6.45, 7) is 0. The Hall–Kier alpha value is 0. The standard InChI is InChI=1S/C9H12/c1-4-2-6-5(1)8-7(3-4)9(6)8/h4-9H,1-3H2/t4?,5-,6+,7?,8+,9-. The van der Waals surface area contributed by atoms with Crippen LogP contribution in [-0.4, -0.2) is 0 Å².